The molecule has 0 aromatic carbocycles. The van der Waals surface area contributed by atoms with Gasteiger partial charge in [-0.1, -0.05) is 0 Å². The van der Waals surface area contributed by atoms with E-state index in [0.717, 1.165) is 0 Å². The Morgan fingerprint density at radius 1 is 1.29 bits per heavy atom. The van der Waals surface area contributed by atoms with Crippen LogP contribution in [-0.4, -0.2) is 46.1 Å². The predicted octanol–water partition coefficient (Wildman–Crippen LogP) is -0.285. The summed E-state index contributed by atoms with van der Waals surface area (Å²) >= 11 is 0. The third-order valence-corrected chi connectivity index (χ3v) is 3.14. The minimum absolute atomic E-state index is 0.0409. The topological polar surface area (TPSA) is 75.6 Å². The normalized spacial score (nSPS) is 11.9. The molecule has 0 saturated carbocycles. The predicted molar refractivity (Wildman–Crippen MR) is 54.6 cm³/mol. The van der Waals surface area contributed by atoms with Crippen molar-refractivity contribution in [3.8, 4) is 0 Å². The number of methoxy groups -OCH3 is 1. The Morgan fingerprint density at radius 3 is 2.57 bits per heavy atom. The lowest BCUT2D eigenvalue weighted by atomic mass is 10.4. The van der Waals surface area contributed by atoms with Crippen molar-refractivity contribution in [2.24, 2.45) is 0 Å². The van der Waals surface area contributed by atoms with Crippen molar-refractivity contribution in [3.05, 3.63) is 0 Å². The lowest BCUT2D eigenvalue weighted by Gasteiger charge is -2.05. The molecule has 0 atom stereocenters. The van der Waals surface area contributed by atoms with E-state index in [-0.39, 0.29) is 12.4 Å². The van der Waals surface area contributed by atoms with Crippen LogP contribution in [0.3, 0.4) is 0 Å². The maximum Gasteiger partial charge on any atom is 0.211 e. The number of sulfonamides is 1. The number of ether oxygens (including phenoxy) is 1. The van der Waals surface area contributed by atoms with Crippen molar-refractivity contribution in [2.75, 3.05) is 32.6 Å². The van der Waals surface area contributed by atoms with Crippen molar-refractivity contribution in [1.29, 1.82) is 0 Å². The van der Waals surface area contributed by atoms with Crippen LogP contribution in [0, 0.1) is 0 Å². The molecule has 0 aromatic heterocycles. The lowest BCUT2D eigenvalue weighted by molar-refractivity contribution is 0.196. The summed E-state index contributed by atoms with van der Waals surface area (Å²) < 4.78 is 29.7. The zero-order valence-corrected chi connectivity index (χ0v) is 9.35. The number of hydrogen-bond acceptors (Lipinski definition) is 4. The third-order valence-electron chi connectivity index (χ3n) is 1.67. The van der Waals surface area contributed by atoms with Crippen LogP contribution in [0.15, 0.2) is 0 Å². The highest BCUT2D eigenvalue weighted by atomic mass is 32.2. The number of aliphatic hydroxyl groups is 1. The lowest BCUT2D eigenvalue weighted by Crippen LogP contribution is -2.28. The van der Waals surface area contributed by atoms with Crippen molar-refractivity contribution in [3.63, 3.8) is 0 Å². The molecule has 0 radical (unpaired) electrons. The summed E-state index contributed by atoms with van der Waals surface area (Å²) in [5.41, 5.74) is 0. The summed E-state index contributed by atoms with van der Waals surface area (Å²) in [6.45, 7) is 1.01. The van der Waals surface area contributed by atoms with E-state index < -0.39 is 10.0 Å². The van der Waals surface area contributed by atoms with Gasteiger partial charge in [-0.2, -0.15) is 0 Å². The molecule has 0 aromatic rings. The summed E-state index contributed by atoms with van der Waals surface area (Å²) in [7, 11) is -1.57. The van der Waals surface area contributed by atoms with Gasteiger partial charge in [0.05, 0.1) is 5.75 Å². The van der Waals surface area contributed by atoms with Crippen LogP contribution < -0.4 is 4.72 Å². The Morgan fingerprint density at radius 2 is 2.00 bits per heavy atom. The highest BCUT2D eigenvalue weighted by molar-refractivity contribution is 7.89. The van der Waals surface area contributed by atoms with Gasteiger partial charge >= 0.3 is 0 Å². The smallest absolute Gasteiger partial charge is 0.211 e. The number of hydrogen-bond donors (Lipinski definition) is 2. The van der Waals surface area contributed by atoms with Gasteiger partial charge in [-0.05, 0) is 19.3 Å². The summed E-state index contributed by atoms with van der Waals surface area (Å²) in [4.78, 5) is 0. The van der Waals surface area contributed by atoms with E-state index in [2.05, 4.69) is 4.72 Å². The second-order valence-electron chi connectivity index (χ2n) is 2.99. The van der Waals surface area contributed by atoms with Gasteiger partial charge in [0.15, 0.2) is 0 Å². The monoisotopic (exact) mass is 225 g/mol. The Labute approximate surface area is 85.5 Å². The molecular formula is C8H19NO4S. The van der Waals surface area contributed by atoms with Crippen LogP contribution in [0.4, 0.5) is 0 Å². The van der Waals surface area contributed by atoms with E-state index >= 15 is 0 Å². The molecule has 0 amide bonds. The fourth-order valence-corrected chi connectivity index (χ4v) is 2.10. The fourth-order valence-electron chi connectivity index (χ4n) is 0.920. The number of nitrogens with one attached hydrogen (secondary N) is 1. The first kappa shape index (κ1) is 13.8. The zero-order chi connectivity index (χ0) is 10.9. The van der Waals surface area contributed by atoms with Gasteiger partial charge in [-0.3, -0.25) is 0 Å². The minimum Gasteiger partial charge on any atom is -0.396 e. The van der Waals surface area contributed by atoms with E-state index in [1.54, 1.807) is 7.11 Å². The van der Waals surface area contributed by atoms with Crippen LogP contribution in [0.2, 0.25) is 0 Å². The second kappa shape index (κ2) is 8.16. The van der Waals surface area contributed by atoms with Crippen molar-refractivity contribution < 1.29 is 18.3 Å². The van der Waals surface area contributed by atoms with Gasteiger partial charge in [0.1, 0.15) is 0 Å². The molecular weight excluding hydrogens is 206 g/mol. The Bertz CT molecular complexity index is 215. The van der Waals surface area contributed by atoms with Crippen LogP contribution >= 0.6 is 0 Å². The van der Waals surface area contributed by atoms with Gasteiger partial charge in [-0.15, -0.1) is 0 Å². The summed E-state index contributed by atoms with van der Waals surface area (Å²) in [5, 5.41) is 8.48. The van der Waals surface area contributed by atoms with Crippen LogP contribution in [0.5, 0.6) is 0 Å². The van der Waals surface area contributed by atoms with Crippen LogP contribution in [0.25, 0.3) is 0 Å². The number of unbranched alkanes of at least 4 members (excludes halogenated alkanes) is 1. The first-order valence-electron chi connectivity index (χ1n) is 4.69. The Hall–Kier alpha value is -0.170. The van der Waals surface area contributed by atoms with Gasteiger partial charge in [0.2, 0.25) is 10.0 Å². The molecule has 6 heteroatoms. The van der Waals surface area contributed by atoms with Crippen molar-refractivity contribution in [2.45, 2.75) is 19.3 Å². The first-order chi connectivity index (χ1) is 6.62. The highest BCUT2D eigenvalue weighted by Crippen LogP contribution is 1.93. The summed E-state index contributed by atoms with van der Waals surface area (Å²) in [6, 6.07) is 0. The maximum atomic E-state index is 11.2. The maximum absolute atomic E-state index is 11.2. The molecule has 0 saturated heterocycles. The molecule has 5 nitrogen and oxygen atoms in total. The fraction of sp³-hybridized carbons (Fsp3) is 1.00. The average Bonchev–Trinajstić information content (AvgIpc) is 2.13. The van der Waals surface area contributed by atoms with E-state index in [1.807, 2.05) is 0 Å². The molecule has 0 unspecified atom stereocenters. The molecule has 0 fully saturated rings. The minimum atomic E-state index is -3.15. The molecule has 0 heterocycles. The second-order valence-corrected chi connectivity index (χ2v) is 4.92. The largest absolute Gasteiger partial charge is 0.396 e. The van der Waals surface area contributed by atoms with E-state index in [1.165, 1.54) is 0 Å². The van der Waals surface area contributed by atoms with Gasteiger partial charge in [0, 0.05) is 26.9 Å². The van der Waals surface area contributed by atoms with E-state index in [9.17, 15) is 8.42 Å². The van der Waals surface area contributed by atoms with Crippen molar-refractivity contribution >= 4 is 10.0 Å². The quantitative estimate of drug-likeness (QED) is 0.529. The van der Waals surface area contributed by atoms with Crippen LogP contribution in [-0.2, 0) is 14.8 Å². The van der Waals surface area contributed by atoms with Gasteiger partial charge in [0.25, 0.3) is 0 Å². The molecule has 2 N–H and O–H groups in total. The standard InChI is InChI=1S/C8H19NO4S/c1-13-7-4-5-9-14(11,12)8-3-2-6-10/h9-10H,2-8H2,1H3. The molecule has 86 valence electrons. The summed E-state index contributed by atoms with van der Waals surface area (Å²) in [5.74, 6) is 0.0839. The zero-order valence-electron chi connectivity index (χ0n) is 8.53. The van der Waals surface area contributed by atoms with Crippen molar-refractivity contribution in [1.82, 2.24) is 4.72 Å². The number of aliphatic hydroxyl groups excluding tert-OH is 1. The molecule has 14 heavy (non-hydrogen) atoms. The molecule has 0 rings (SSSR count). The Balaban J connectivity index is 3.52. The van der Waals surface area contributed by atoms with E-state index in [0.29, 0.717) is 32.4 Å². The summed E-state index contributed by atoms with van der Waals surface area (Å²) in [6.07, 6.45) is 1.70. The molecule has 0 aliphatic heterocycles. The average molecular weight is 225 g/mol. The Kier molecular flexibility index (Phi) is 8.07. The number of rotatable bonds is 9. The highest BCUT2D eigenvalue weighted by Gasteiger charge is 2.07. The SMILES string of the molecule is COCCCNS(=O)(=O)CCCCO. The van der Waals surface area contributed by atoms with Crippen LogP contribution in [0.1, 0.15) is 19.3 Å². The third kappa shape index (κ3) is 8.43. The van der Waals surface area contributed by atoms with Gasteiger partial charge in [-0.25, -0.2) is 13.1 Å². The van der Waals surface area contributed by atoms with Gasteiger partial charge < -0.3 is 9.84 Å². The first-order valence-corrected chi connectivity index (χ1v) is 6.35. The molecule has 0 aliphatic carbocycles. The molecule has 0 bridgehead atoms. The molecule has 0 spiro atoms. The van der Waals surface area contributed by atoms with E-state index in [4.69, 9.17) is 9.84 Å². The molecule has 0 aliphatic rings.